The minimum absolute atomic E-state index is 0.0419. The van der Waals surface area contributed by atoms with E-state index in [2.05, 4.69) is 10.6 Å². The number of urea groups is 1. The third kappa shape index (κ3) is 6.76. The number of aromatic carboxylic acids is 1. The van der Waals surface area contributed by atoms with Crippen LogP contribution in [0.5, 0.6) is 0 Å². The highest BCUT2D eigenvalue weighted by Crippen LogP contribution is 2.04. The van der Waals surface area contributed by atoms with E-state index in [1.807, 2.05) is 13.8 Å². The smallest absolute Gasteiger partial charge is 0.335 e. The minimum Gasteiger partial charge on any atom is -0.478 e. The lowest BCUT2D eigenvalue weighted by Gasteiger charge is -2.14. The molecule has 21 heavy (non-hydrogen) atoms. The van der Waals surface area contributed by atoms with Gasteiger partial charge in [0.25, 0.3) is 0 Å². The first-order valence-electron chi connectivity index (χ1n) is 6.97. The van der Waals surface area contributed by atoms with Crippen LogP contribution in [0.2, 0.25) is 0 Å². The number of carbonyl (C=O) groups is 2. The maximum absolute atomic E-state index is 11.6. The van der Waals surface area contributed by atoms with Crippen LogP contribution in [0.15, 0.2) is 24.3 Å². The molecule has 0 aliphatic carbocycles. The molecule has 0 aromatic heterocycles. The molecule has 0 aliphatic rings. The van der Waals surface area contributed by atoms with Crippen LogP contribution in [0.25, 0.3) is 0 Å². The van der Waals surface area contributed by atoms with Crippen molar-refractivity contribution in [1.82, 2.24) is 10.6 Å². The van der Waals surface area contributed by atoms with Crippen LogP contribution >= 0.6 is 0 Å². The van der Waals surface area contributed by atoms with E-state index in [0.29, 0.717) is 26.2 Å². The Morgan fingerprint density at radius 3 is 2.52 bits per heavy atom. The van der Waals surface area contributed by atoms with Gasteiger partial charge in [0, 0.05) is 13.2 Å². The lowest BCUT2D eigenvalue weighted by molar-refractivity contribution is 0.0697. The van der Waals surface area contributed by atoms with Crippen LogP contribution in [-0.4, -0.2) is 42.9 Å². The first-order chi connectivity index (χ1) is 10.0. The van der Waals surface area contributed by atoms with Gasteiger partial charge in [-0.3, -0.25) is 0 Å². The molecule has 0 fully saturated rings. The number of hydrogen-bond donors (Lipinski definition) is 3. The van der Waals surface area contributed by atoms with E-state index in [0.717, 1.165) is 5.56 Å². The van der Waals surface area contributed by atoms with E-state index in [4.69, 9.17) is 9.84 Å². The van der Waals surface area contributed by atoms with Gasteiger partial charge in [-0.2, -0.15) is 0 Å². The first-order valence-corrected chi connectivity index (χ1v) is 6.97. The zero-order valence-corrected chi connectivity index (χ0v) is 12.4. The highest BCUT2D eigenvalue weighted by atomic mass is 16.5. The molecule has 3 N–H and O–H groups in total. The fourth-order valence-corrected chi connectivity index (χ4v) is 1.75. The number of carboxylic acid groups (broad SMARTS) is 1. The summed E-state index contributed by atoms with van der Waals surface area (Å²) in [5.74, 6) is -0.942. The lowest BCUT2D eigenvalue weighted by Crippen LogP contribution is -2.43. The van der Waals surface area contributed by atoms with Crippen molar-refractivity contribution in [2.24, 2.45) is 0 Å². The Bertz CT molecular complexity index is 459. The van der Waals surface area contributed by atoms with Crippen molar-refractivity contribution in [2.45, 2.75) is 26.3 Å². The van der Waals surface area contributed by atoms with E-state index in [1.165, 1.54) is 0 Å². The summed E-state index contributed by atoms with van der Waals surface area (Å²) in [5, 5.41) is 14.3. The molecule has 1 atom stereocenters. The van der Waals surface area contributed by atoms with Gasteiger partial charge in [-0.1, -0.05) is 12.1 Å². The summed E-state index contributed by atoms with van der Waals surface area (Å²) in [6.07, 6.45) is 0.646. The SMILES string of the molecule is CCOCC(C)NC(=O)NCCc1ccc(C(=O)O)cc1. The van der Waals surface area contributed by atoms with Crippen LogP contribution < -0.4 is 10.6 Å². The van der Waals surface area contributed by atoms with Gasteiger partial charge in [0.05, 0.1) is 18.2 Å². The predicted octanol–water partition coefficient (Wildman–Crippen LogP) is 1.65. The molecule has 1 aromatic rings. The van der Waals surface area contributed by atoms with Gasteiger partial charge in [-0.05, 0) is 38.0 Å². The van der Waals surface area contributed by atoms with Crippen molar-refractivity contribution in [1.29, 1.82) is 0 Å². The summed E-state index contributed by atoms with van der Waals surface area (Å²) in [6.45, 7) is 5.38. The molecule has 2 amide bonds. The zero-order valence-electron chi connectivity index (χ0n) is 12.4. The molecule has 0 saturated heterocycles. The predicted molar refractivity (Wildman–Crippen MR) is 79.6 cm³/mol. The summed E-state index contributed by atoms with van der Waals surface area (Å²) >= 11 is 0. The number of rotatable bonds is 8. The topological polar surface area (TPSA) is 87.7 Å². The summed E-state index contributed by atoms with van der Waals surface area (Å²) in [6, 6.07) is 6.34. The summed E-state index contributed by atoms with van der Waals surface area (Å²) < 4.78 is 5.21. The van der Waals surface area contributed by atoms with Crippen molar-refractivity contribution in [3.05, 3.63) is 35.4 Å². The van der Waals surface area contributed by atoms with Gasteiger partial charge in [0.1, 0.15) is 0 Å². The van der Waals surface area contributed by atoms with E-state index >= 15 is 0 Å². The fourth-order valence-electron chi connectivity index (χ4n) is 1.75. The van der Waals surface area contributed by atoms with Gasteiger partial charge in [0.2, 0.25) is 0 Å². The second-order valence-electron chi connectivity index (χ2n) is 4.71. The summed E-state index contributed by atoms with van der Waals surface area (Å²) in [5.41, 5.74) is 1.23. The zero-order chi connectivity index (χ0) is 15.7. The second-order valence-corrected chi connectivity index (χ2v) is 4.71. The first kappa shape index (κ1) is 17.0. The third-order valence-electron chi connectivity index (χ3n) is 2.85. The molecule has 1 aromatic carbocycles. The van der Waals surface area contributed by atoms with Crippen LogP contribution in [0.4, 0.5) is 4.79 Å². The molecule has 0 radical (unpaired) electrons. The van der Waals surface area contributed by atoms with Gasteiger partial charge < -0.3 is 20.5 Å². The summed E-state index contributed by atoms with van der Waals surface area (Å²) in [4.78, 5) is 22.3. The quantitative estimate of drug-likeness (QED) is 0.680. The molecule has 0 spiro atoms. The Labute approximate surface area is 124 Å². The van der Waals surface area contributed by atoms with Crippen LogP contribution in [0, 0.1) is 0 Å². The van der Waals surface area contributed by atoms with E-state index < -0.39 is 5.97 Å². The van der Waals surface area contributed by atoms with E-state index in [1.54, 1.807) is 24.3 Å². The van der Waals surface area contributed by atoms with Crippen LogP contribution in [0.1, 0.15) is 29.8 Å². The third-order valence-corrected chi connectivity index (χ3v) is 2.85. The Balaban J connectivity index is 2.26. The molecule has 0 saturated carbocycles. The number of benzene rings is 1. The molecule has 1 unspecified atom stereocenters. The van der Waals surface area contributed by atoms with Gasteiger partial charge in [-0.25, -0.2) is 9.59 Å². The second kappa shape index (κ2) is 8.97. The Hall–Kier alpha value is -2.08. The maximum atomic E-state index is 11.6. The highest BCUT2D eigenvalue weighted by Gasteiger charge is 2.06. The number of amides is 2. The van der Waals surface area contributed by atoms with Crippen molar-refractivity contribution in [3.63, 3.8) is 0 Å². The molecular weight excluding hydrogens is 272 g/mol. The van der Waals surface area contributed by atoms with Crippen LogP contribution in [0.3, 0.4) is 0 Å². The average Bonchev–Trinajstić information content (AvgIpc) is 2.45. The summed E-state index contributed by atoms with van der Waals surface area (Å²) in [7, 11) is 0. The van der Waals surface area contributed by atoms with E-state index in [-0.39, 0.29) is 17.6 Å². The van der Waals surface area contributed by atoms with Crippen molar-refractivity contribution in [2.75, 3.05) is 19.8 Å². The molecule has 6 nitrogen and oxygen atoms in total. The van der Waals surface area contributed by atoms with Crippen molar-refractivity contribution < 1.29 is 19.4 Å². The monoisotopic (exact) mass is 294 g/mol. The standard InChI is InChI=1S/C15H22N2O4/c1-3-21-10-11(2)17-15(20)16-9-8-12-4-6-13(7-5-12)14(18)19/h4-7,11H,3,8-10H2,1-2H3,(H,18,19)(H2,16,17,20). The number of nitrogens with one attached hydrogen (secondary N) is 2. The number of carboxylic acids is 1. The molecule has 6 heteroatoms. The molecule has 1 rings (SSSR count). The van der Waals surface area contributed by atoms with Crippen molar-refractivity contribution in [3.8, 4) is 0 Å². The molecular formula is C15H22N2O4. The number of ether oxygens (including phenoxy) is 1. The van der Waals surface area contributed by atoms with Crippen molar-refractivity contribution >= 4 is 12.0 Å². The Morgan fingerprint density at radius 2 is 1.95 bits per heavy atom. The van der Waals surface area contributed by atoms with Crippen LogP contribution in [-0.2, 0) is 11.2 Å². The Kier molecular flexibility index (Phi) is 7.25. The highest BCUT2D eigenvalue weighted by molar-refractivity contribution is 5.87. The lowest BCUT2D eigenvalue weighted by atomic mass is 10.1. The van der Waals surface area contributed by atoms with Gasteiger partial charge >= 0.3 is 12.0 Å². The molecule has 0 heterocycles. The average molecular weight is 294 g/mol. The molecule has 116 valence electrons. The van der Waals surface area contributed by atoms with Gasteiger partial charge in [-0.15, -0.1) is 0 Å². The van der Waals surface area contributed by atoms with E-state index in [9.17, 15) is 9.59 Å². The fraction of sp³-hybridized carbons (Fsp3) is 0.467. The van der Waals surface area contributed by atoms with Gasteiger partial charge in [0.15, 0.2) is 0 Å². The normalized spacial score (nSPS) is 11.7. The minimum atomic E-state index is -0.942. The number of hydrogen-bond acceptors (Lipinski definition) is 3. The molecule has 0 aliphatic heterocycles. The maximum Gasteiger partial charge on any atom is 0.335 e. The molecule has 0 bridgehead atoms. The Morgan fingerprint density at radius 1 is 1.29 bits per heavy atom. The number of carbonyl (C=O) groups excluding carboxylic acids is 1. The largest absolute Gasteiger partial charge is 0.478 e.